The highest BCUT2D eigenvalue weighted by atomic mass is 16.7. The molecule has 2 atom stereocenters. The Morgan fingerprint density at radius 2 is 1.83 bits per heavy atom. The molecule has 0 fully saturated rings. The van der Waals surface area contributed by atoms with Crippen LogP contribution in [0.5, 0.6) is 23.0 Å². The van der Waals surface area contributed by atoms with Crippen LogP contribution in [0.2, 0.25) is 0 Å². The number of carbonyl (C=O) groups is 1. The van der Waals surface area contributed by atoms with Crippen LogP contribution in [0.15, 0.2) is 60.7 Å². The number of benzene rings is 3. The Morgan fingerprint density at radius 3 is 2.69 bits per heavy atom. The number of amides is 1. The van der Waals surface area contributed by atoms with Crippen molar-refractivity contribution in [1.29, 1.82) is 0 Å². The zero-order chi connectivity index (χ0) is 24.6. The van der Waals surface area contributed by atoms with Crippen LogP contribution in [0.25, 0.3) is 10.9 Å². The van der Waals surface area contributed by atoms with Crippen LogP contribution in [-0.2, 0) is 17.8 Å². The van der Waals surface area contributed by atoms with Crippen molar-refractivity contribution < 1.29 is 23.7 Å². The first kappa shape index (κ1) is 22.3. The van der Waals surface area contributed by atoms with Crippen LogP contribution < -0.4 is 29.6 Å². The second kappa shape index (κ2) is 9.13. The van der Waals surface area contributed by atoms with Gasteiger partial charge in [-0.05, 0) is 53.4 Å². The lowest BCUT2D eigenvalue weighted by Crippen LogP contribution is -2.49. The van der Waals surface area contributed by atoms with Crippen molar-refractivity contribution in [3.05, 3.63) is 83.0 Å². The van der Waals surface area contributed by atoms with Gasteiger partial charge in [0.2, 0.25) is 12.7 Å². The fraction of sp³-hybridized carbons (Fsp3) is 0.250. The Balaban J connectivity index is 1.29. The number of H-pyrrole nitrogens is 1. The number of hydrogen-bond donors (Lipinski definition) is 3. The van der Waals surface area contributed by atoms with E-state index in [9.17, 15) is 4.79 Å². The van der Waals surface area contributed by atoms with E-state index in [4.69, 9.17) is 18.9 Å². The van der Waals surface area contributed by atoms with Crippen molar-refractivity contribution >= 4 is 16.8 Å². The molecule has 0 radical (unpaired) electrons. The quantitative estimate of drug-likeness (QED) is 0.384. The summed E-state index contributed by atoms with van der Waals surface area (Å²) in [6.45, 7) is 0.600. The minimum atomic E-state index is -0.410. The van der Waals surface area contributed by atoms with Gasteiger partial charge in [-0.1, -0.05) is 30.3 Å². The molecular weight excluding hydrogens is 458 g/mol. The van der Waals surface area contributed by atoms with Crippen molar-refractivity contribution in [3.8, 4) is 23.0 Å². The molecule has 0 unspecified atom stereocenters. The maximum Gasteiger partial charge on any atom is 0.237 e. The summed E-state index contributed by atoms with van der Waals surface area (Å²) < 4.78 is 21.8. The lowest BCUT2D eigenvalue weighted by molar-refractivity contribution is -0.123. The smallest absolute Gasteiger partial charge is 0.237 e. The monoisotopic (exact) mass is 485 g/mol. The van der Waals surface area contributed by atoms with Gasteiger partial charge in [-0.15, -0.1) is 0 Å². The third-order valence-corrected chi connectivity index (χ3v) is 6.87. The zero-order valence-corrected chi connectivity index (χ0v) is 20.1. The van der Waals surface area contributed by atoms with Gasteiger partial charge in [0.05, 0.1) is 26.3 Å². The standard InChI is InChI=1S/C28H27N3O5/c1-33-22-9-7-16(11-24(22)34-2)14-29-28(32)21-13-19-18-5-3-4-6-20(18)30-27(19)26(31-21)17-8-10-23-25(12-17)36-15-35-23/h3-12,21,26,30-31H,13-15H2,1-2H3,(H,29,32)/t21-,26-/m0/s1. The molecule has 1 amide bonds. The van der Waals surface area contributed by atoms with Crippen LogP contribution in [-0.4, -0.2) is 37.9 Å². The number of aromatic amines is 1. The second-order valence-electron chi connectivity index (χ2n) is 8.94. The summed E-state index contributed by atoms with van der Waals surface area (Å²) >= 11 is 0. The summed E-state index contributed by atoms with van der Waals surface area (Å²) in [5, 5.41) is 7.80. The third-order valence-electron chi connectivity index (χ3n) is 6.87. The molecule has 0 aliphatic carbocycles. The van der Waals surface area contributed by atoms with E-state index in [-0.39, 0.29) is 18.7 Å². The lowest BCUT2D eigenvalue weighted by atomic mass is 9.90. The molecular formula is C28H27N3O5. The summed E-state index contributed by atoms with van der Waals surface area (Å²) in [5.74, 6) is 2.67. The first-order valence-corrected chi connectivity index (χ1v) is 11.9. The largest absolute Gasteiger partial charge is 0.493 e. The van der Waals surface area contributed by atoms with Gasteiger partial charge >= 0.3 is 0 Å². The van der Waals surface area contributed by atoms with E-state index in [1.165, 1.54) is 0 Å². The zero-order valence-electron chi connectivity index (χ0n) is 20.1. The molecule has 184 valence electrons. The Bertz CT molecular complexity index is 1450. The number of nitrogens with one attached hydrogen (secondary N) is 3. The molecule has 0 spiro atoms. The van der Waals surface area contributed by atoms with E-state index in [0.717, 1.165) is 39.0 Å². The van der Waals surface area contributed by atoms with Gasteiger partial charge in [0.1, 0.15) is 0 Å². The van der Waals surface area contributed by atoms with Crippen LogP contribution in [0.3, 0.4) is 0 Å². The maximum absolute atomic E-state index is 13.4. The van der Waals surface area contributed by atoms with Crippen LogP contribution in [0, 0.1) is 0 Å². The molecule has 2 aliphatic rings. The SMILES string of the molecule is COc1ccc(CNC(=O)[C@@H]2Cc3c([nH]c4ccccc34)[C@H](c3ccc4c(c3)OCO4)N2)cc1OC. The minimum absolute atomic E-state index is 0.0635. The highest BCUT2D eigenvalue weighted by Crippen LogP contribution is 2.39. The Hall–Kier alpha value is -4.17. The molecule has 36 heavy (non-hydrogen) atoms. The normalized spacial score (nSPS) is 18.1. The van der Waals surface area contributed by atoms with E-state index in [1.54, 1.807) is 14.2 Å². The van der Waals surface area contributed by atoms with Gasteiger partial charge in [0.15, 0.2) is 23.0 Å². The van der Waals surface area contributed by atoms with Gasteiger partial charge in [-0.2, -0.15) is 0 Å². The van der Waals surface area contributed by atoms with Crippen LogP contribution in [0.1, 0.15) is 28.4 Å². The summed E-state index contributed by atoms with van der Waals surface area (Å²) in [5.41, 5.74) is 5.21. The molecule has 0 bridgehead atoms. The molecule has 0 saturated heterocycles. The average Bonchev–Trinajstić information content (AvgIpc) is 3.55. The predicted molar refractivity (Wildman–Crippen MR) is 135 cm³/mol. The summed E-state index contributed by atoms with van der Waals surface area (Å²) in [6.07, 6.45) is 0.582. The minimum Gasteiger partial charge on any atom is -0.493 e. The number of carbonyl (C=O) groups excluding carboxylic acids is 1. The van der Waals surface area contributed by atoms with Gasteiger partial charge in [0, 0.05) is 23.1 Å². The number of aromatic nitrogens is 1. The molecule has 8 heteroatoms. The molecule has 6 rings (SSSR count). The Morgan fingerprint density at radius 1 is 1.00 bits per heavy atom. The third kappa shape index (κ3) is 3.89. The summed E-state index contributed by atoms with van der Waals surface area (Å²) in [6, 6.07) is 19.2. The number of para-hydroxylation sites is 1. The second-order valence-corrected chi connectivity index (χ2v) is 8.94. The van der Waals surface area contributed by atoms with E-state index >= 15 is 0 Å². The molecule has 8 nitrogen and oxygen atoms in total. The average molecular weight is 486 g/mol. The topological polar surface area (TPSA) is 93.8 Å². The Labute approximate surface area is 208 Å². The number of methoxy groups -OCH3 is 2. The fourth-order valence-corrected chi connectivity index (χ4v) is 5.06. The number of fused-ring (bicyclic) bond motifs is 4. The number of rotatable bonds is 6. The van der Waals surface area contributed by atoms with E-state index in [0.29, 0.717) is 30.2 Å². The highest BCUT2D eigenvalue weighted by molar-refractivity contribution is 5.88. The van der Waals surface area contributed by atoms with Gasteiger partial charge in [-0.25, -0.2) is 0 Å². The molecule has 4 aromatic rings. The molecule has 3 heterocycles. The van der Waals surface area contributed by atoms with E-state index in [1.807, 2.05) is 48.5 Å². The fourth-order valence-electron chi connectivity index (χ4n) is 5.06. The molecule has 1 aromatic heterocycles. The summed E-state index contributed by atoms with van der Waals surface area (Å²) in [7, 11) is 3.20. The molecule has 3 N–H and O–H groups in total. The first-order chi connectivity index (χ1) is 17.6. The summed E-state index contributed by atoms with van der Waals surface area (Å²) in [4.78, 5) is 17.0. The molecule has 3 aromatic carbocycles. The van der Waals surface area contributed by atoms with Gasteiger partial charge in [-0.3, -0.25) is 10.1 Å². The molecule has 0 saturated carbocycles. The van der Waals surface area contributed by atoms with Crippen molar-refractivity contribution in [2.75, 3.05) is 21.0 Å². The molecule has 2 aliphatic heterocycles. The van der Waals surface area contributed by atoms with Crippen molar-refractivity contribution in [2.24, 2.45) is 0 Å². The lowest BCUT2D eigenvalue weighted by Gasteiger charge is -2.31. The number of ether oxygens (including phenoxy) is 4. The van der Waals surface area contributed by atoms with Crippen molar-refractivity contribution in [2.45, 2.75) is 25.0 Å². The first-order valence-electron chi connectivity index (χ1n) is 11.9. The number of hydrogen-bond acceptors (Lipinski definition) is 6. The van der Waals surface area contributed by atoms with Crippen LogP contribution in [0.4, 0.5) is 0 Å². The van der Waals surface area contributed by atoms with Crippen molar-refractivity contribution in [3.63, 3.8) is 0 Å². The van der Waals surface area contributed by atoms with Gasteiger partial charge < -0.3 is 29.2 Å². The maximum atomic E-state index is 13.4. The van der Waals surface area contributed by atoms with Crippen molar-refractivity contribution in [1.82, 2.24) is 15.6 Å². The predicted octanol–water partition coefficient (Wildman–Crippen LogP) is 3.83. The van der Waals surface area contributed by atoms with E-state index in [2.05, 4.69) is 27.8 Å². The van der Waals surface area contributed by atoms with E-state index < -0.39 is 6.04 Å². The van der Waals surface area contributed by atoms with Gasteiger partial charge in [0.25, 0.3) is 0 Å². The Kier molecular flexibility index (Phi) is 5.65. The van der Waals surface area contributed by atoms with Crippen LogP contribution >= 0.6 is 0 Å². The highest BCUT2D eigenvalue weighted by Gasteiger charge is 2.34.